The number of ether oxygens (including phenoxy) is 3. The molecule has 218 valence electrons. The van der Waals surface area contributed by atoms with Crippen LogP contribution in [-0.4, -0.2) is 57.9 Å². The summed E-state index contributed by atoms with van der Waals surface area (Å²) in [6.45, 7) is 4.11. The lowest BCUT2D eigenvalue weighted by molar-refractivity contribution is -0.0592. The highest BCUT2D eigenvalue weighted by Crippen LogP contribution is 2.44. The van der Waals surface area contributed by atoms with Gasteiger partial charge in [0.25, 0.3) is 0 Å². The van der Waals surface area contributed by atoms with Gasteiger partial charge >= 0.3 is 5.97 Å². The summed E-state index contributed by atoms with van der Waals surface area (Å²) >= 11 is 5.92. The topological polar surface area (TPSA) is 86.0 Å². The van der Waals surface area contributed by atoms with E-state index in [0.29, 0.717) is 35.3 Å². The summed E-state index contributed by atoms with van der Waals surface area (Å²) in [6.07, 6.45) is 2.48. The van der Waals surface area contributed by atoms with Crippen LogP contribution in [0.15, 0.2) is 54.6 Å². The van der Waals surface area contributed by atoms with Crippen molar-refractivity contribution in [2.75, 3.05) is 26.3 Å². The van der Waals surface area contributed by atoms with Crippen molar-refractivity contribution in [3.05, 3.63) is 88.0 Å². The first-order valence-corrected chi connectivity index (χ1v) is 14.7. The Labute approximate surface area is 247 Å². The van der Waals surface area contributed by atoms with Gasteiger partial charge in [0, 0.05) is 22.8 Å². The first-order chi connectivity index (χ1) is 20.4. The van der Waals surface area contributed by atoms with Gasteiger partial charge < -0.3 is 23.9 Å². The van der Waals surface area contributed by atoms with Gasteiger partial charge in [-0.1, -0.05) is 29.8 Å². The zero-order chi connectivity index (χ0) is 28.8. The molecule has 0 aliphatic carbocycles. The second-order valence-electron chi connectivity index (χ2n) is 11.2. The molecule has 10 heteroatoms. The maximum Gasteiger partial charge on any atom is 0.335 e. The molecule has 1 N–H and O–H groups in total. The average Bonchev–Trinajstić information content (AvgIpc) is 3.30. The van der Waals surface area contributed by atoms with Gasteiger partial charge in [-0.3, -0.25) is 4.90 Å². The van der Waals surface area contributed by atoms with Crippen molar-refractivity contribution in [3.8, 4) is 11.5 Å². The number of carboxylic acids is 1. The zero-order valence-corrected chi connectivity index (χ0v) is 23.7. The largest absolute Gasteiger partial charge is 0.485 e. The summed E-state index contributed by atoms with van der Waals surface area (Å²) in [5, 5.41) is 9.87. The number of piperidine rings is 1. The molecule has 0 saturated carbocycles. The Morgan fingerprint density at radius 3 is 2.64 bits per heavy atom. The van der Waals surface area contributed by atoms with Crippen molar-refractivity contribution >= 4 is 28.6 Å². The molecular formula is C32H31ClFN3O5. The van der Waals surface area contributed by atoms with Crippen LogP contribution in [0.4, 0.5) is 4.39 Å². The van der Waals surface area contributed by atoms with Gasteiger partial charge in [0.15, 0.2) is 17.6 Å². The molecule has 4 heterocycles. The summed E-state index contributed by atoms with van der Waals surface area (Å²) in [7, 11) is 0. The maximum absolute atomic E-state index is 14.5. The van der Waals surface area contributed by atoms with E-state index in [2.05, 4.69) is 15.5 Å². The van der Waals surface area contributed by atoms with Crippen molar-refractivity contribution in [2.24, 2.45) is 0 Å². The number of benzene rings is 3. The molecule has 0 spiro atoms. The number of carboxylic acid groups (broad SMARTS) is 1. The van der Waals surface area contributed by atoms with Crippen LogP contribution in [0, 0.1) is 5.82 Å². The summed E-state index contributed by atoms with van der Waals surface area (Å²) in [4.78, 5) is 18.9. The number of aromatic carboxylic acids is 1. The fourth-order valence-electron chi connectivity index (χ4n) is 6.23. The molecule has 3 aliphatic heterocycles. The van der Waals surface area contributed by atoms with Crippen molar-refractivity contribution < 1.29 is 28.5 Å². The van der Waals surface area contributed by atoms with E-state index in [0.717, 1.165) is 67.1 Å². The number of halogens is 2. The zero-order valence-electron chi connectivity index (χ0n) is 23.0. The summed E-state index contributed by atoms with van der Waals surface area (Å²) in [5.41, 5.74) is 3.44. The number of carbonyl (C=O) groups is 1. The van der Waals surface area contributed by atoms with Crippen molar-refractivity contribution in [3.63, 3.8) is 0 Å². The van der Waals surface area contributed by atoms with Gasteiger partial charge in [-0.05, 0) is 74.7 Å². The van der Waals surface area contributed by atoms with Gasteiger partial charge in [0.05, 0.1) is 35.8 Å². The number of rotatable bonds is 7. The molecule has 2 atom stereocenters. The molecule has 0 unspecified atom stereocenters. The van der Waals surface area contributed by atoms with Crippen LogP contribution >= 0.6 is 11.6 Å². The molecule has 7 rings (SSSR count). The van der Waals surface area contributed by atoms with Crippen LogP contribution < -0.4 is 9.47 Å². The van der Waals surface area contributed by atoms with Crippen molar-refractivity contribution in [2.45, 2.75) is 50.5 Å². The number of para-hydroxylation sites is 1. The van der Waals surface area contributed by atoms with E-state index in [9.17, 15) is 14.3 Å². The van der Waals surface area contributed by atoms with E-state index in [1.165, 1.54) is 6.07 Å². The Kier molecular flexibility index (Phi) is 7.25. The van der Waals surface area contributed by atoms with Crippen molar-refractivity contribution in [1.82, 2.24) is 14.5 Å². The normalized spacial score (nSPS) is 20.9. The molecule has 2 saturated heterocycles. The number of imidazole rings is 1. The molecule has 4 aromatic rings. The fourth-order valence-corrected chi connectivity index (χ4v) is 6.39. The number of hydrogen-bond donors (Lipinski definition) is 1. The highest BCUT2D eigenvalue weighted by molar-refractivity contribution is 6.30. The first kappa shape index (κ1) is 27.2. The van der Waals surface area contributed by atoms with E-state index in [1.54, 1.807) is 30.3 Å². The molecule has 3 aliphatic rings. The van der Waals surface area contributed by atoms with E-state index < -0.39 is 17.9 Å². The molecule has 8 nitrogen and oxygen atoms in total. The first-order valence-electron chi connectivity index (χ1n) is 14.4. The molecular weight excluding hydrogens is 561 g/mol. The Morgan fingerprint density at radius 2 is 1.90 bits per heavy atom. The lowest BCUT2D eigenvalue weighted by Gasteiger charge is -2.35. The third-order valence-electron chi connectivity index (χ3n) is 8.61. The number of fused-ring (bicyclic) bond motifs is 2. The monoisotopic (exact) mass is 591 g/mol. The Balaban J connectivity index is 1.05. The van der Waals surface area contributed by atoms with Crippen LogP contribution in [-0.2, 0) is 17.8 Å². The van der Waals surface area contributed by atoms with E-state index >= 15 is 0 Å². The number of hydrogen-bond acceptors (Lipinski definition) is 6. The molecule has 0 amide bonds. The third kappa shape index (κ3) is 5.21. The number of nitrogens with zero attached hydrogens (tertiary/aromatic N) is 3. The number of aromatic nitrogens is 2. The Bertz CT molecular complexity index is 1650. The Morgan fingerprint density at radius 1 is 1.07 bits per heavy atom. The second-order valence-corrected chi connectivity index (χ2v) is 11.7. The van der Waals surface area contributed by atoms with E-state index in [4.69, 9.17) is 30.8 Å². The minimum Gasteiger partial charge on any atom is -0.485 e. The highest BCUT2D eigenvalue weighted by Gasteiger charge is 2.31. The summed E-state index contributed by atoms with van der Waals surface area (Å²) < 4.78 is 34.8. The SMILES string of the molecule is O=C(O)c1ccc2nc(CN3CCC(c4cccc5c4OC[C@H](c4ccc(Cl)cc4F)O5)CC3)n(C[C@@H]3CCO3)c2c1. The van der Waals surface area contributed by atoms with Gasteiger partial charge in [-0.25, -0.2) is 14.2 Å². The highest BCUT2D eigenvalue weighted by atomic mass is 35.5. The lowest BCUT2D eigenvalue weighted by Crippen LogP contribution is -2.35. The molecule has 0 radical (unpaired) electrons. The fraction of sp³-hybridized carbons (Fsp3) is 0.375. The van der Waals surface area contributed by atoms with E-state index in [1.807, 2.05) is 12.1 Å². The van der Waals surface area contributed by atoms with Gasteiger partial charge in [-0.15, -0.1) is 0 Å². The second kappa shape index (κ2) is 11.2. The van der Waals surface area contributed by atoms with Gasteiger partial charge in [0.2, 0.25) is 0 Å². The molecule has 3 aromatic carbocycles. The van der Waals surface area contributed by atoms with Gasteiger partial charge in [0.1, 0.15) is 18.2 Å². The van der Waals surface area contributed by atoms with E-state index in [-0.39, 0.29) is 18.3 Å². The van der Waals surface area contributed by atoms with Crippen LogP contribution in [0.5, 0.6) is 11.5 Å². The lowest BCUT2D eigenvalue weighted by atomic mass is 9.88. The average molecular weight is 592 g/mol. The minimum atomic E-state index is -0.946. The molecule has 2 fully saturated rings. The number of likely N-dealkylation sites (tertiary alicyclic amines) is 1. The molecule has 42 heavy (non-hydrogen) atoms. The smallest absolute Gasteiger partial charge is 0.335 e. The van der Waals surface area contributed by atoms with Crippen molar-refractivity contribution in [1.29, 1.82) is 0 Å². The molecule has 1 aromatic heterocycles. The maximum atomic E-state index is 14.5. The van der Waals surface area contributed by atoms with Crippen LogP contribution in [0.1, 0.15) is 58.6 Å². The predicted molar refractivity (Wildman–Crippen MR) is 155 cm³/mol. The van der Waals surface area contributed by atoms with Gasteiger partial charge in [-0.2, -0.15) is 0 Å². The minimum absolute atomic E-state index is 0.127. The van der Waals surface area contributed by atoms with Crippen LogP contribution in [0.25, 0.3) is 11.0 Å². The van der Waals surface area contributed by atoms with Crippen LogP contribution in [0.3, 0.4) is 0 Å². The quantitative estimate of drug-likeness (QED) is 0.273. The third-order valence-corrected chi connectivity index (χ3v) is 8.85. The summed E-state index contributed by atoms with van der Waals surface area (Å²) in [5.74, 6) is 1.27. The standard InChI is InChI=1S/C32H31ClFN3O5/c33-21-5-6-24(25(34)15-21)29-18-41-31-23(2-1-3-28(31)42-29)19-8-11-36(12-9-19)17-30-35-26-7-4-20(32(38)39)14-27(26)37(30)16-22-10-13-40-22/h1-7,14-15,19,22,29H,8-13,16-18H2,(H,38,39)/t22-,29+/m0/s1. The van der Waals surface area contributed by atoms with Crippen LogP contribution in [0.2, 0.25) is 5.02 Å². The Hall–Kier alpha value is -3.66. The predicted octanol–water partition coefficient (Wildman–Crippen LogP) is 6.21. The molecule has 0 bridgehead atoms. The summed E-state index contributed by atoms with van der Waals surface area (Å²) in [6, 6.07) is 15.7.